The van der Waals surface area contributed by atoms with Crippen LogP contribution in [0.25, 0.3) is 15.9 Å². The molecule has 0 aliphatic rings. The highest BCUT2D eigenvalue weighted by Crippen LogP contribution is 2.31. The van der Waals surface area contributed by atoms with E-state index in [1.165, 1.54) is 16.6 Å². The summed E-state index contributed by atoms with van der Waals surface area (Å²) in [5, 5.41) is 4.57. The zero-order valence-electron chi connectivity index (χ0n) is 19.8. The largest absolute Gasteiger partial charge is 0.494 e. The van der Waals surface area contributed by atoms with Crippen molar-refractivity contribution in [2.24, 2.45) is 0 Å². The van der Waals surface area contributed by atoms with E-state index >= 15 is 0 Å². The fourth-order valence-electron chi connectivity index (χ4n) is 3.72. The third kappa shape index (κ3) is 5.72. The zero-order valence-corrected chi connectivity index (χ0v) is 22.1. The molecular weight excluding hydrogens is 502 g/mol. The first-order valence-electron chi connectivity index (χ1n) is 11.4. The number of hydrogen-bond donors (Lipinski definition) is 1. The van der Waals surface area contributed by atoms with Gasteiger partial charge in [0.25, 0.3) is 5.56 Å². The number of benzene rings is 2. The molecule has 4 aromatic rings. The van der Waals surface area contributed by atoms with Crippen LogP contribution < -0.4 is 15.6 Å². The maximum atomic E-state index is 13.7. The average Bonchev–Trinajstić information content (AvgIpc) is 3.15. The Morgan fingerprint density at radius 2 is 1.86 bits per heavy atom. The number of ether oxygens (including phenoxy) is 1. The van der Waals surface area contributed by atoms with Crippen molar-refractivity contribution in [3.63, 3.8) is 0 Å². The van der Waals surface area contributed by atoms with Crippen LogP contribution in [0.4, 0.5) is 5.69 Å². The van der Waals surface area contributed by atoms with E-state index in [2.05, 4.69) is 12.2 Å². The molecule has 4 rings (SSSR count). The van der Waals surface area contributed by atoms with E-state index < -0.39 is 0 Å². The number of aryl methyl sites for hydroxylation is 2. The van der Waals surface area contributed by atoms with Crippen LogP contribution in [0.5, 0.6) is 5.75 Å². The highest BCUT2D eigenvalue weighted by Gasteiger charge is 2.20. The minimum absolute atomic E-state index is 0.102. The van der Waals surface area contributed by atoms with Gasteiger partial charge in [0.15, 0.2) is 5.16 Å². The Bertz CT molecular complexity index is 1400. The molecule has 1 N–H and O–H groups in total. The summed E-state index contributed by atoms with van der Waals surface area (Å²) in [5.41, 5.74) is 2.18. The van der Waals surface area contributed by atoms with E-state index in [1.807, 2.05) is 26.0 Å². The zero-order chi connectivity index (χ0) is 24.9. The predicted molar refractivity (Wildman–Crippen MR) is 146 cm³/mol. The van der Waals surface area contributed by atoms with Crippen molar-refractivity contribution in [2.45, 2.75) is 38.8 Å². The van der Waals surface area contributed by atoms with Gasteiger partial charge in [0, 0.05) is 15.6 Å². The average molecular weight is 528 g/mol. The maximum Gasteiger partial charge on any atom is 0.267 e. The first-order valence-corrected chi connectivity index (χ1v) is 13.6. The molecule has 182 valence electrons. The number of hydrogen-bond acceptors (Lipinski definition) is 6. The first-order chi connectivity index (χ1) is 16.9. The van der Waals surface area contributed by atoms with Gasteiger partial charge in [0.1, 0.15) is 10.6 Å². The molecule has 6 nitrogen and oxygen atoms in total. The number of anilines is 1. The van der Waals surface area contributed by atoms with Gasteiger partial charge in [-0.1, -0.05) is 36.7 Å². The number of aromatic nitrogens is 2. The summed E-state index contributed by atoms with van der Waals surface area (Å²) in [5.74, 6) is 0.661. The highest BCUT2D eigenvalue weighted by molar-refractivity contribution is 7.99. The lowest BCUT2D eigenvalue weighted by Gasteiger charge is -2.13. The van der Waals surface area contributed by atoms with Crippen molar-refractivity contribution in [2.75, 3.05) is 17.7 Å². The molecule has 1 amide bonds. The second-order valence-corrected chi connectivity index (χ2v) is 10.3. The molecule has 0 bridgehead atoms. The van der Waals surface area contributed by atoms with Crippen LogP contribution in [0.15, 0.2) is 58.5 Å². The van der Waals surface area contributed by atoms with Crippen LogP contribution in [-0.4, -0.2) is 27.8 Å². The van der Waals surface area contributed by atoms with Crippen molar-refractivity contribution in [3.8, 4) is 11.4 Å². The summed E-state index contributed by atoms with van der Waals surface area (Å²) in [7, 11) is 0. The Hall–Kier alpha value is -2.81. The predicted octanol–water partition coefficient (Wildman–Crippen LogP) is 6.49. The third-order valence-electron chi connectivity index (χ3n) is 5.38. The van der Waals surface area contributed by atoms with E-state index in [0.717, 1.165) is 24.2 Å². The Balaban J connectivity index is 1.64. The summed E-state index contributed by atoms with van der Waals surface area (Å²) < 4.78 is 7.01. The van der Waals surface area contributed by atoms with Gasteiger partial charge >= 0.3 is 0 Å². The number of nitrogens with one attached hydrogen (secondary N) is 1. The molecule has 0 aliphatic heterocycles. The second-order valence-electron chi connectivity index (χ2n) is 7.89. The maximum absolute atomic E-state index is 13.7. The van der Waals surface area contributed by atoms with Crippen molar-refractivity contribution in [3.05, 3.63) is 74.3 Å². The third-order valence-corrected chi connectivity index (χ3v) is 7.81. The summed E-state index contributed by atoms with van der Waals surface area (Å²) in [6.07, 6.45) is 1.90. The molecule has 0 fully saturated rings. The van der Waals surface area contributed by atoms with Crippen LogP contribution >= 0.6 is 34.7 Å². The molecule has 0 saturated heterocycles. The fraction of sp³-hybridized carbons (Fsp3) is 0.269. The molecule has 9 heteroatoms. The lowest BCUT2D eigenvalue weighted by molar-refractivity contribution is -0.113. The SMILES string of the molecule is CCCc1sc2nc(SCC(=O)Nc3ccc(OCC)cc3)n(-c3ccc(Cl)cc3)c(=O)c2c1C. The minimum atomic E-state index is -0.190. The monoisotopic (exact) mass is 527 g/mol. The van der Waals surface area contributed by atoms with Gasteiger partial charge in [0.2, 0.25) is 5.91 Å². The van der Waals surface area contributed by atoms with Gasteiger partial charge < -0.3 is 10.1 Å². The number of carbonyl (C=O) groups excluding carboxylic acids is 1. The topological polar surface area (TPSA) is 73.2 Å². The highest BCUT2D eigenvalue weighted by atomic mass is 35.5. The molecule has 0 aliphatic carbocycles. The van der Waals surface area contributed by atoms with Gasteiger partial charge in [-0.15, -0.1) is 11.3 Å². The van der Waals surface area contributed by atoms with Gasteiger partial charge in [-0.05, 0) is 74.4 Å². The number of fused-ring (bicyclic) bond motifs is 1. The van der Waals surface area contributed by atoms with Gasteiger partial charge in [0.05, 0.1) is 23.4 Å². The Labute approximate surface area is 217 Å². The smallest absolute Gasteiger partial charge is 0.267 e. The fourth-order valence-corrected chi connectivity index (χ4v) is 5.98. The van der Waals surface area contributed by atoms with E-state index in [1.54, 1.807) is 52.3 Å². The summed E-state index contributed by atoms with van der Waals surface area (Å²) in [6, 6.07) is 14.3. The van der Waals surface area contributed by atoms with Crippen LogP contribution in [0.1, 0.15) is 30.7 Å². The molecule has 0 spiro atoms. The van der Waals surface area contributed by atoms with Crippen molar-refractivity contribution < 1.29 is 9.53 Å². The number of carbonyl (C=O) groups is 1. The standard InChI is InChI=1S/C26H26ClN3O3S2/c1-4-6-21-16(3)23-24(35-21)29-26(30(25(23)32)19-11-7-17(27)8-12-19)34-15-22(31)28-18-9-13-20(14-10-18)33-5-2/h7-14H,4-6,15H2,1-3H3,(H,28,31). The molecule has 35 heavy (non-hydrogen) atoms. The number of thiophene rings is 1. The normalized spacial score (nSPS) is 11.1. The van der Waals surface area contributed by atoms with E-state index in [4.69, 9.17) is 21.3 Å². The summed E-state index contributed by atoms with van der Waals surface area (Å²) in [4.78, 5) is 33.1. The van der Waals surface area contributed by atoms with E-state index in [9.17, 15) is 9.59 Å². The first kappa shape index (κ1) is 25.3. The number of amides is 1. The number of nitrogens with zero attached hydrogens (tertiary/aromatic N) is 2. The molecule has 2 aromatic heterocycles. The van der Waals surface area contributed by atoms with Gasteiger partial charge in [-0.25, -0.2) is 4.98 Å². The molecule has 0 radical (unpaired) electrons. The van der Waals surface area contributed by atoms with Crippen LogP contribution in [0.3, 0.4) is 0 Å². The van der Waals surface area contributed by atoms with Crippen molar-refractivity contribution >= 4 is 56.5 Å². The van der Waals surface area contributed by atoms with Gasteiger partial charge in [-0.3, -0.25) is 14.2 Å². The quantitative estimate of drug-likeness (QED) is 0.199. The molecule has 0 atom stereocenters. The van der Waals surface area contributed by atoms with Crippen LogP contribution in [0, 0.1) is 6.92 Å². The van der Waals surface area contributed by atoms with Gasteiger partial charge in [-0.2, -0.15) is 0 Å². The number of rotatable bonds is 9. The summed E-state index contributed by atoms with van der Waals surface area (Å²) >= 11 is 8.86. The van der Waals surface area contributed by atoms with E-state index in [0.29, 0.717) is 38.4 Å². The van der Waals surface area contributed by atoms with Crippen LogP contribution in [-0.2, 0) is 11.2 Å². The molecule has 2 aromatic carbocycles. The van der Waals surface area contributed by atoms with Crippen molar-refractivity contribution in [1.29, 1.82) is 0 Å². The molecular formula is C26H26ClN3O3S2. The van der Waals surface area contributed by atoms with Crippen LogP contribution in [0.2, 0.25) is 5.02 Å². The Morgan fingerprint density at radius 1 is 1.14 bits per heavy atom. The number of halogens is 1. The second kappa shape index (κ2) is 11.3. The molecule has 0 saturated carbocycles. The van der Waals surface area contributed by atoms with Crippen molar-refractivity contribution in [1.82, 2.24) is 9.55 Å². The number of thioether (sulfide) groups is 1. The molecule has 0 unspecified atom stereocenters. The lowest BCUT2D eigenvalue weighted by atomic mass is 10.1. The lowest BCUT2D eigenvalue weighted by Crippen LogP contribution is -2.22. The summed E-state index contributed by atoms with van der Waals surface area (Å²) in [6.45, 7) is 6.60. The Morgan fingerprint density at radius 3 is 2.51 bits per heavy atom. The van der Waals surface area contributed by atoms with E-state index in [-0.39, 0.29) is 17.2 Å². The Kier molecular flexibility index (Phi) is 8.15. The minimum Gasteiger partial charge on any atom is -0.494 e. The molecule has 2 heterocycles.